The van der Waals surface area contributed by atoms with Gasteiger partial charge in [0.2, 0.25) is 11.8 Å². The van der Waals surface area contributed by atoms with Gasteiger partial charge in [0.05, 0.1) is 17.9 Å². The van der Waals surface area contributed by atoms with Crippen LogP contribution < -0.4 is 10.2 Å². The fourth-order valence-corrected chi connectivity index (χ4v) is 4.30. The standard InChI is InChI=1S/C24H29FN4O2/c25-20-10-8-19(9-11-20)17-27-12-4-13-28(16-15-27)18-23(30)26-21-5-1-2-6-22(21)29-14-3-7-24(29)31/h1-2,5-6,8-11H,3-4,7,12-18H2,(H,26,30). The Morgan fingerprint density at radius 1 is 0.903 bits per heavy atom. The lowest BCUT2D eigenvalue weighted by Crippen LogP contribution is -2.36. The van der Waals surface area contributed by atoms with Crippen LogP contribution in [0.4, 0.5) is 15.8 Å². The van der Waals surface area contributed by atoms with Crippen molar-refractivity contribution in [3.63, 3.8) is 0 Å². The number of benzene rings is 2. The molecule has 0 bridgehead atoms. The number of hydrogen-bond donors (Lipinski definition) is 1. The van der Waals surface area contributed by atoms with Gasteiger partial charge in [-0.25, -0.2) is 4.39 Å². The molecule has 1 N–H and O–H groups in total. The third-order valence-electron chi connectivity index (χ3n) is 5.91. The molecule has 2 amide bonds. The topological polar surface area (TPSA) is 55.9 Å². The minimum Gasteiger partial charge on any atom is -0.323 e. The van der Waals surface area contributed by atoms with Crippen molar-refractivity contribution in [1.29, 1.82) is 0 Å². The van der Waals surface area contributed by atoms with Gasteiger partial charge in [-0.15, -0.1) is 0 Å². The Morgan fingerprint density at radius 3 is 2.42 bits per heavy atom. The molecular formula is C24H29FN4O2. The van der Waals surface area contributed by atoms with Gasteiger partial charge >= 0.3 is 0 Å². The monoisotopic (exact) mass is 424 g/mol. The second-order valence-electron chi connectivity index (χ2n) is 8.25. The highest BCUT2D eigenvalue weighted by atomic mass is 19.1. The number of halogens is 1. The van der Waals surface area contributed by atoms with Gasteiger partial charge in [0.25, 0.3) is 0 Å². The van der Waals surface area contributed by atoms with E-state index < -0.39 is 0 Å². The van der Waals surface area contributed by atoms with Crippen molar-refractivity contribution in [3.05, 3.63) is 59.9 Å². The summed E-state index contributed by atoms with van der Waals surface area (Å²) in [5.74, 6) is -0.172. The zero-order valence-electron chi connectivity index (χ0n) is 17.7. The van der Waals surface area contributed by atoms with Gasteiger partial charge in [-0.2, -0.15) is 0 Å². The van der Waals surface area contributed by atoms with E-state index in [4.69, 9.17) is 0 Å². The number of nitrogens with zero attached hydrogens (tertiary/aromatic N) is 3. The number of hydrogen-bond acceptors (Lipinski definition) is 4. The lowest BCUT2D eigenvalue weighted by molar-refractivity contribution is -0.118. The smallest absolute Gasteiger partial charge is 0.238 e. The van der Waals surface area contributed by atoms with Crippen LogP contribution in [0.2, 0.25) is 0 Å². The Labute approximate surface area is 182 Å². The molecule has 2 saturated heterocycles. The lowest BCUT2D eigenvalue weighted by atomic mass is 10.2. The van der Waals surface area contributed by atoms with Crippen molar-refractivity contribution in [3.8, 4) is 0 Å². The zero-order chi connectivity index (χ0) is 21.6. The normalized spacial score (nSPS) is 18.2. The minimum absolute atomic E-state index is 0.0638. The summed E-state index contributed by atoms with van der Waals surface area (Å²) in [5.41, 5.74) is 2.57. The second kappa shape index (κ2) is 10.0. The molecule has 31 heavy (non-hydrogen) atoms. The number of carbonyl (C=O) groups is 2. The number of para-hydroxylation sites is 2. The maximum Gasteiger partial charge on any atom is 0.238 e. The van der Waals surface area contributed by atoms with Crippen LogP contribution in [0.5, 0.6) is 0 Å². The van der Waals surface area contributed by atoms with E-state index in [1.165, 1.54) is 12.1 Å². The summed E-state index contributed by atoms with van der Waals surface area (Å²) in [4.78, 5) is 31.1. The Kier molecular flexibility index (Phi) is 6.94. The molecule has 0 atom stereocenters. The molecule has 7 heteroatoms. The van der Waals surface area contributed by atoms with E-state index in [0.29, 0.717) is 25.2 Å². The molecule has 2 aromatic carbocycles. The van der Waals surface area contributed by atoms with Crippen molar-refractivity contribution in [2.75, 3.05) is 49.5 Å². The summed E-state index contributed by atoms with van der Waals surface area (Å²) >= 11 is 0. The maximum absolute atomic E-state index is 13.1. The number of anilines is 2. The van der Waals surface area contributed by atoms with E-state index in [1.54, 1.807) is 4.90 Å². The van der Waals surface area contributed by atoms with Gasteiger partial charge in [-0.3, -0.25) is 19.4 Å². The van der Waals surface area contributed by atoms with E-state index in [2.05, 4.69) is 15.1 Å². The first-order valence-corrected chi connectivity index (χ1v) is 11.0. The van der Waals surface area contributed by atoms with Gasteiger partial charge in [0, 0.05) is 32.6 Å². The van der Waals surface area contributed by atoms with Gasteiger partial charge in [0.1, 0.15) is 5.82 Å². The average molecular weight is 425 g/mol. The minimum atomic E-state index is -0.215. The SMILES string of the molecule is O=C(CN1CCCN(Cc2ccc(F)cc2)CC1)Nc1ccccc1N1CCCC1=O. The third-order valence-corrected chi connectivity index (χ3v) is 5.91. The van der Waals surface area contributed by atoms with E-state index in [0.717, 1.165) is 56.8 Å². The summed E-state index contributed by atoms with van der Waals surface area (Å²) < 4.78 is 13.1. The Balaban J connectivity index is 1.30. The molecular weight excluding hydrogens is 395 g/mol. The van der Waals surface area contributed by atoms with Gasteiger partial charge in [0.15, 0.2) is 0 Å². The van der Waals surface area contributed by atoms with Crippen molar-refractivity contribution in [1.82, 2.24) is 9.80 Å². The van der Waals surface area contributed by atoms with Gasteiger partial charge < -0.3 is 10.2 Å². The van der Waals surface area contributed by atoms with Gasteiger partial charge in [-0.1, -0.05) is 24.3 Å². The van der Waals surface area contributed by atoms with Crippen molar-refractivity contribution in [2.24, 2.45) is 0 Å². The van der Waals surface area contributed by atoms with Crippen LogP contribution in [0, 0.1) is 5.82 Å². The molecule has 0 spiro atoms. The van der Waals surface area contributed by atoms with Crippen LogP contribution in [-0.4, -0.2) is 60.9 Å². The van der Waals surface area contributed by atoms with Crippen LogP contribution >= 0.6 is 0 Å². The maximum atomic E-state index is 13.1. The zero-order valence-corrected chi connectivity index (χ0v) is 17.7. The molecule has 2 aromatic rings. The second-order valence-corrected chi connectivity index (χ2v) is 8.25. The number of nitrogens with one attached hydrogen (secondary N) is 1. The number of amides is 2. The molecule has 2 aliphatic heterocycles. The van der Waals surface area contributed by atoms with E-state index in [1.807, 2.05) is 36.4 Å². The molecule has 4 rings (SSSR count). The summed E-state index contributed by atoms with van der Waals surface area (Å²) in [6.07, 6.45) is 2.39. The first kappa shape index (κ1) is 21.5. The molecule has 6 nitrogen and oxygen atoms in total. The van der Waals surface area contributed by atoms with Crippen molar-refractivity contribution in [2.45, 2.75) is 25.8 Å². The quantitative estimate of drug-likeness (QED) is 0.774. The van der Waals surface area contributed by atoms with Crippen LogP contribution in [0.15, 0.2) is 48.5 Å². The fraction of sp³-hybridized carbons (Fsp3) is 0.417. The molecule has 0 radical (unpaired) electrons. The highest BCUT2D eigenvalue weighted by Gasteiger charge is 2.24. The van der Waals surface area contributed by atoms with Crippen molar-refractivity contribution < 1.29 is 14.0 Å². The summed E-state index contributed by atoms with van der Waals surface area (Å²) in [6, 6.07) is 14.2. The van der Waals surface area contributed by atoms with E-state index >= 15 is 0 Å². The van der Waals surface area contributed by atoms with E-state index in [-0.39, 0.29) is 17.6 Å². The van der Waals surface area contributed by atoms with Crippen LogP contribution in [-0.2, 0) is 16.1 Å². The summed E-state index contributed by atoms with van der Waals surface area (Å²) in [7, 11) is 0. The van der Waals surface area contributed by atoms with Gasteiger partial charge in [-0.05, 0) is 55.8 Å². The molecule has 2 heterocycles. The predicted molar refractivity (Wildman–Crippen MR) is 119 cm³/mol. The molecule has 164 valence electrons. The molecule has 0 saturated carbocycles. The first-order chi connectivity index (χ1) is 15.1. The van der Waals surface area contributed by atoms with Crippen molar-refractivity contribution >= 4 is 23.2 Å². The average Bonchev–Trinajstić information content (AvgIpc) is 3.07. The summed E-state index contributed by atoms with van der Waals surface area (Å²) in [5, 5.41) is 3.01. The van der Waals surface area contributed by atoms with Crippen LogP contribution in [0.3, 0.4) is 0 Å². The number of rotatable bonds is 6. The summed E-state index contributed by atoms with van der Waals surface area (Å²) in [6.45, 7) is 5.30. The third kappa shape index (κ3) is 5.68. The largest absolute Gasteiger partial charge is 0.323 e. The highest BCUT2D eigenvalue weighted by molar-refractivity contribution is 6.02. The fourth-order valence-electron chi connectivity index (χ4n) is 4.30. The Bertz CT molecular complexity index is 918. The molecule has 0 aliphatic carbocycles. The first-order valence-electron chi connectivity index (χ1n) is 11.0. The number of carbonyl (C=O) groups excluding carboxylic acids is 2. The lowest BCUT2D eigenvalue weighted by Gasteiger charge is -2.23. The predicted octanol–water partition coefficient (Wildman–Crippen LogP) is 3.10. The highest BCUT2D eigenvalue weighted by Crippen LogP contribution is 2.29. The molecule has 0 unspecified atom stereocenters. The van der Waals surface area contributed by atoms with Crippen LogP contribution in [0.25, 0.3) is 0 Å². The Hall–Kier alpha value is -2.77. The Morgan fingerprint density at radius 2 is 1.65 bits per heavy atom. The molecule has 2 aliphatic rings. The van der Waals surface area contributed by atoms with Crippen LogP contribution in [0.1, 0.15) is 24.8 Å². The van der Waals surface area contributed by atoms with E-state index in [9.17, 15) is 14.0 Å². The molecule has 0 aromatic heterocycles. The molecule has 2 fully saturated rings.